The van der Waals surface area contributed by atoms with Gasteiger partial charge in [0, 0.05) is 30.5 Å². The van der Waals surface area contributed by atoms with Crippen LogP contribution in [0.3, 0.4) is 0 Å². The van der Waals surface area contributed by atoms with Crippen molar-refractivity contribution in [2.45, 2.75) is 76.9 Å². The molecule has 3 rings (SSSR count). The van der Waals surface area contributed by atoms with Crippen LogP contribution in [-0.2, 0) is 25.4 Å². The summed E-state index contributed by atoms with van der Waals surface area (Å²) in [6, 6.07) is 12.3. The summed E-state index contributed by atoms with van der Waals surface area (Å²) in [5, 5.41) is 0. The summed E-state index contributed by atoms with van der Waals surface area (Å²) in [4.78, 5) is 24.6. The van der Waals surface area contributed by atoms with E-state index in [1.165, 1.54) is 25.3 Å². The van der Waals surface area contributed by atoms with Crippen molar-refractivity contribution >= 4 is 29.4 Å². The second-order valence-electron chi connectivity index (χ2n) is 9.57. The normalized spacial score (nSPS) is 17.5. The van der Waals surface area contributed by atoms with E-state index in [2.05, 4.69) is 6.92 Å². The fourth-order valence-corrected chi connectivity index (χ4v) is 4.36. The topological polar surface area (TPSA) is 114 Å². The Morgan fingerprint density at radius 1 is 0.919 bits per heavy atom. The average Bonchev–Trinajstić information content (AvgIpc) is 2.90. The second kappa shape index (κ2) is 15.1. The monoisotopic (exact) mass is 508 g/mol. The minimum atomic E-state index is -0.446. The van der Waals surface area contributed by atoms with Gasteiger partial charge in [-0.25, -0.2) is 9.59 Å². The third-order valence-electron chi connectivity index (χ3n) is 6.59. The van der Waals surface area contributed by atoms with Gasteiger partial charge in [-0.2, -0.15) is 0 Å². The molecule has 37 heavy (non-hydrogen) atoms. The van der Waals surface area contributed by atoms with Gasteiger partial charge in [0.2, 0.25) is 0 Å². The third kappa shape index (κ3) is 9.92. The van der Waals surface area contributed by atoms with Crippen LogP contribution in [0.2, 0.25) is 0 Å². The Balaban J connectivity index is 1.35. The van der Waals surface area contributed by atoms with Crippen molar-refractivity contribution in [3.05, 3.63) is 65.2 Å². The number of nitrogens with two attached hydrogens (primary N) is 2. The minimum Gasteiger partial charge on any atom is -0.462 e. The van der Waals surface area contributed by atoms with Crippen molar-refractivity contribution in [3.8, 4) is 0 Å². The van der Waals surface area contributed by atoms with E-state index >= 15 is 0 Å². The van der Waals surface area contributed by atoms with Gasteiger partial charge in [0.1, 0.15) is 6.10 Å². The third-order valence-corrected chi connectivity index (χ3v) is 6.59. The number of rotatable bonds is 13. The molecule has 1 saturated carbocycles. The lowest BCUT2D eigenvalue weighted by Crippen LogP contribution is -2.28. The van der Waals surface area contributed by atoms with Gasteiger partial charge in [-0.1, -0.05) is 44.4 Å². The van der Waals surface area contributed by atoms with Crippen molar-refractivity contribution < 1.29 is 23.8 Å². The highest BCUT2D eigenvalue weighted by molar-refractivity contribution is 5.90. The van der Waals surface area contributed by atoms with Crippen molar-refractivity contribution in [3.63, 3.8) is 0 Å². The van der Waals surface area contributed by atoms with Gasteiger partial charge in [-0.3, -0.25) is 0 Å². The first kappa shape index (κ1) is 28.3. The van der Waals surface area contributed by atoms with E-state index in [-0.39, 0.29) is 24.8 Å². The van der Waals surface area contributed by atoms with E-state index < -0.39 is 5.97 Å². The lowest BCUT2D eigenvalue weighted by atomic mass is 9.95. The molecule has 0 aliphatic heterocycles. The molecule has 0 unspecified atom stereocenters. The Bertz CT molecular complexity index is 1030. The Kier molecular flexibility index (Phi) is 11.5. The molecular formula is C30H40N2O5. The number of nitrogen functional groups attached to an aromatic ring is 2. The highest BCUT2D eigenvalue weighted by atomic mass is 16.5. The van der Waals surface area contributed by atoms with Gasteiger partial charge in [0.05, 0.1) is 18.3 Å². The van der Waals surface area contributed by atoms with Crippen molar-refractivity contribution in [2.24, 2.45) is 0 Å². The minimum absolute atomic E-state index is 0.0645. The number of hydrogen-bond donors (Lipinski definition) is 2. The molecule has 7 heteroatoms. The fourth-order valence-electron chi connectivity index (χ4n) is 4.36. The first-order valence-corrected chi connectivity index (χ1v) is 13.4. The fraction of sp³-hybridized carbons (Fsp3) is 0.467. The zero-order valence-corrected chi connectivity index (χ0v) is 21.8. The number of carbonyl (C=O) groups excluding carboxylic acids is 2. The van der Waals surface area contributed by atoms with Crippen LogP contribution in [0.25, 0.3) is 6.08 Å². The van der Waals surface area contributed by atoms with Crippen LogP contribution in [0.15, 0.2) is 48.5 Å². The zero-order chi connectivity index (χ0) is 26.5. The van der Waals surface area contributed by atoms with E-state index in [1.54, 1.807) is 42.5 Å². The molecule has 0 saturated heterocycles. The van der Waals surface area contributed by atoms with Gasteiger partial charge in [-0.05, 0) is 73.6 Å². The molecule has 7 nitrogen and oxygen atoms in total. The molecule has 1 aliphatic rings. The molecular weight excluding hydrogens is 468 g/mol. The average molecular weight is 509 g/mol. The van der Waals surface area contributed by atoms with Crippen molar-refractivity contribution in [1.82, 2.24) is 0 Å². The molecule has 0 atom stereocenters. The predicted molar refractivity (Wildman–Crippen MR) is 147 cm³/mol. The van der Waals surface area contributed by atoms with E-state index in [0.717, 1.165) is 49.8 Å². The standard InChI is InChI=1S/C30H40N2O5/c1-2-3-4-5-19-35-26-13-15-27(16-14-26)37-30(34)24-9-6-22(7-10-24)8-17-29(33)36-20-18-23-11-12-25(31)21-28(23)32/h6-12,17,21,26-27H,2-5,13-16,18-20,31-32H2,1H3. The molecule has 0 radical (unpaired) electrons. The van der Waals surface area contributed by atoms with Gasteiger partial charge in [-0.15, -0.1) is 0 Å². The summed E-state index contributed by atoms with van der Waals surface area (Å²) < 4.78 is 16.9. The van der Waals surface area contributed by atoms with Crippen LogP contribution in [0, 0.1) is 0 Å². The van der Waals surface area contributed by atoms with Crippen LogP contribution in [-0.4, -0.2) is 37.4 Å². The van der Waals surface area contributed by atoms with Crippen molar-refractivity contribution in [2.75, 3.05) is 24.7 Å². The lowest BCUT2D eigenvalue weighted by Gasteiger charge is -2.28. The van der Waals surface area contributed by atoms with Crippen LogP contribution >= 0.6 is 0 Å². The van der Waals surface area contributed by atoms with E-state index in [4.69, 9.17) is 25.7 Å². The highest BCUT2D eigenvalue weighted by Gasteiger charge is 2.24. The molecule has 0 aromatic heterocycles. The molecule has 1 aliphatic carbocycles. The molecule has 0 bridgehead atoms. The first-order valence-electron chi connectivity index (χ1n) is 13.4. The smallest absolute Gasteiger partial charge is 0.338 e. The molecule has 0 spiro atoms. The SMILES string of the molecule is CCCCCCOC1CCC(OC(=O)c2ccc(C=CC(=O)OCCc3ccc(N)cc3N)cc2)CC1. The second-order valence-corrected chi connectivity index (χ2v) is 9.57. The number of benzene rings is 2. The lowest BCUT2D eigenvalue weighted by molar-refractivity contribution is -0.137. The molecule has 200 valence electrons. The number of carbonyl (C=O) groups is 2. The Morgan fingerprint density at radius 2 is 1.65 bits per heavy atom. The molecule has 0 amide bonds. The number of hydrogen-bond acceptors (Lipinski definition) is 7. The largest absolute Gasteiger partial charge is 0.462 e. The number of unbranched alkanes of at least 4 members (excludes halogenated alkanes) is 3. The van der Waals surface area contributed by atoms with E-state index in [0.29, 0.717) is 23.4 Å². The number of ether oxygens (including phenoxy) is 3. The van der Waals surface area contributed by atoms with Gasteiger partial charge >= 0.3 is 11.9 Å². The van der Waals surface area contributed by atoms with Crippen LogP contribution in [0.1, 0.15) is 79.8 Å². The van der Waals surface area contributed by atoms with E-state index in [1.807, 2.05) is 6.07 Å². The summed E-state index contributed by atoms with van der Waals surface area (Å²) in [6.07, 6.45) is 12.1. The molecule has 2 aromatic carbocycles. The summed E-state index contributed by atoms with van der Waals surface area (Å²) in [7, 11) is 0. The molecule has 4 N–H and O–H groups in total. The van der Waals surface area contributed by atoms with Crippen molar-refractivity contribution in [1.29, 1.82) is 0 Å². The number of esters is 2. The van der Waals surface area contributed by atoms with Gasteiger partial charge in [0.25, 0.3) is 0 Å². The Labute approximate surface area is 220 Å². The zero-order valence-electron chi connectivity index (χ0n) is 21.8. The maximum atomic E-state index is 12.6. The quantitative estimate of drug-likeness (QED) is 0.154. The predicted octanol–water partition coefficient (Wildman–Crippen LogP) is 5.72. The molecule has 2 aromatic rings. The summed E-state index contributed by atoms with van der Waals surface area (Å²) >= 11 is 0. The first-order chi connectivity index (χ1) is 17.9. The Morgan fingerprint density at radius 3 is 2.35 bits per heavy atom. The van der Waals surface area contributed by atoms with Crippen LogP contribution in [0.4, 0.5) is 11.4 Å². The van der Waals surface area contributed by atoms with Crippen LogP contribution in [0.5, 0.6) is 0 Å². The maximum Gasteiger partial charge on any atom is 0.338 e. The summed E-state index contributed by atoms with van der Waals surface area (Å²) in [5.74, 6) is -0.765. The molecule has 1 fully saturated rings. The highest BCUT2D eigenvalue weighted by Crippen LogP contribution is 2.25. The molecule has 0 heterocycles. The van der Waals surface area contributed by atoms with Gasteiger partial charge < -0.3 is 25.7 Å². The van der Waals surface area contributed by atoms with Crippen LogP contribution < -0.4 is 11.5 Å². The Hall–Kier alpha value is -3.32. The maximum absolute atomic E-state index is 12.6. The van der Waals surface area contributed by atoms with E-state index in [9.17, 15) is 9.59 Å². The number of anilines is 2. The summed E-state index contributed by atoms with van der Waals surface area (Å²) in [6.45, 7) is 3.25. The summed E-state index contributed by atoms with van der Waals surface area (Å²) in [5.41, 5.74) is 15.0. The van der Waals surface area contributed by atoms with Gasteiger partial charge in [0.15, 0.2) is 0 Å².